The SMILES string of the molecule is C=C(C)C(=O)OCC(C)C=O.C=CCCCCCCCCC=O.CCC.CCCCC=O. The molecule has 0 aliphatic carbocycles. The molecule has 0 spiro atoms. The number of hydrogen-bond donors (Lipinski definition) is 0. The molecule has 5 heteroatoms. The first-order chi connectivity index (χ1) is 15.3. The van der Waals surface area contributed by atoms with Crippen molar-refractivity contribution < 1.29 is 23.9 Å². The zero-order valence-corrected chi connectivity index (χ0v) is 21.5. The molecule has 0 aromatic rings. The van der Waals surface area contributed by atoms with Gasteiger partial charge in [0.15, 0.2) is 0 Å². The van der Waals surface area contributed by atoms with E-state index < -0.39 is 5.97 Å². The highest BCUT2D eigenvalue weighted by Gasteiger charge is 2.05. The number of ether oxygens (including phenoxy) is 1. The van der Waals surface area contributed by atoms with E-state index in [2.05, 4.69) is 38.7 Å². The number of unbranched alkanes of at least 4 members (excludes halogenated alkanes) is 9. The third-order valence-electron chi connectivity index (χ3n) is 3.71. The summed E-state index contributed by atoms with van der Waals surface area (Å²) in [5, 5.41) is 0. The topological polar surface area (TPSA) is 77.5 Å². The van der Waals surface area contributed by atoms with E-state index >= 15 is 0 Å². The Morgan fingerprint density at radius 3 is 1.62 bits per heavy atom. The fourth-order valence-corrected chi connectivity index (χ4v) is 1.88. The molecular formula is C27H50O5. The van der Waals surface area contributed by atoms with Gasteiger partial charge in [-0.05, 0) is 32.6 Å². The number of carbonyl (C=O) groups is 4. The molecule has 0 fully saturated rings. The van der Waals surface area contributed by atoms with E-state index in [0.29, 0.717) is 5.57 Å². The Hall–Kier alpha value is -2.04. The van der Waals surface area contributed by atoms with Gasteiger partial charge in [-0.1, -0.05) is 78.9 Å². The molecule has 188 valence electrons. The summed E-state index contributed by atoms with van der Waals surface area (Å²) in [6.07, 6.45) is 18.2. The first-order valence-electron chi connectivity index (χ1n) is 12.1. The second kappa shape index (κ2) is 36.3. The lowest BCUT2D eigenvalue weighted by Gasteiger charge is -2.04. The minimum absolute atomic E-state index is 0.134. The third kappa shape index (κ3) is 46.3. The number of hydrogen-bond acceptors (Lipinski definition) is 5. The van der Waals surface area contributed by atoms with Crippen LogP contribution in [0.2, 0.25) is 0 Å². The summed E-state index contributed by atoms with van der Waals surface area (Å²) in [4.78, 5) is 40.3. The number of carbonyl (C=O) groups excluding carboxylic acids is 4. The smallest absolute Gasteiger partial charge is 0.333 e. The number of aldehydes is 3. The van der Waals surface area contributed by atoms with Crippen LogP contribution in [0.5, 0.6) is 0 Å². The molecule has 0 radical (unpaired) electrons. The van der Waals surface area contributed by atoms with Gasteiger partial charge in [-0.25, -0.2) is 4.79 Å². The van der Waals surface area contributed by atoms with Gasteiger partial charge in [0, 0.05) is 24.3 Å². The lowest BCUT2D eigenvalue weighted by Crippen LogP contribution is -2.12. The molecular weight excluding hydrogens is 404 g/mol. The first kappa shape index (κ1) is 37.3. The van der Waals surface area contributed by atoms with Crippen molar-refractivity contribution in [2.24, 2.45) is 5.92 Å². The van der Waals surface area contributed by atoms with Crippen molar-refractivity contribution in [2.45, 2.75) is 112 Å². The van der Waals surface area contributed by atoms with Gasteiger partial charge in [-0.3, -0.25) is 0 Å². The highest BCUT2D eigenvalue weighted by Crippen LogP contribution is 2.07. The maximum Gasteiger partial charge on any atom is 0.333 e. The van der Waals surface area contributed by atoms with E-state index in [9.17, 15) is 19.2 Å². The average Bonchev–Trinajstić information content (AvgIpc) is 2.78. The highest BCUT2D eigenvalue weighted by molar-refractivity contribution is 5.87. The van der Waals surface area contributed by atoms with Crippen LogP contribution in [0.4, 0.5) is 0 Å². The Labute approximate surface area is 198 Å². The van der Waals surface area contributed by atoms with E-state index in [-0.39, 0.29) is 12.5 Å². The fourth-order valence-electron chi connectivity index (χ4n) is 1.88. The second-order valence-electron chi connectivity index (χ2n) is 7.66. The fraction of sp³-hybridized carbons (Fsp3) is 0.704. The molecule has 0 aromatic heterocycles. The summed E-state index contributed by atoms with van der Waals surface area (Å²) >= 11 is 0. The lowest BCUT2D eigenvalue weighted by molar-refractivity contribution is -0.140. The first-order valence-corrected chi connectivity index (χ1v) is 12.1. The summed E-state index contributed by atoms with van der Waals surface area (Å²) < 4.78 is 4.69. The molecule has 0 N–H and O–H groups in total. The van der Waals surface area contributed by atoms with Crippen LogP contribution in [-0.2, 0) is 23.9 Å². The van der Waals surface area contributed by atoms with Crippen LogP contribution in [0, 0.1) is 5.92 Å². The molecule has 1 unspecified atom stereocenters. The van der Waals surface area contributed by atoms with Gasteiger partial charge in [0.05, 0.1) is 0 Å². The third-order valence-corrected chi connectivity index (χ3v) is 3.71. The number of esters is 1. The van der Waals surface area contributed by atoms with Crippen molar-refractivity contribution in [3.8, 4) is 0 Å². The number of rotatable bonds is 16. The Bertz CT molecular complexity index is 429. The molecule has 0 bridgehead atoms. The standard InChI is InChI=1S/C11H20O.C8H12O3.C5H10O.C3H8/c1-2-3-4-5-6-7-8-9-10-11-12;1-6(2)8(10)11-5-7(3)4-9;1-2-3-4-5-6;1-3-2/h2,11H,1,3-10H2;4,7H,1,5H2,2-3H3;5H,2-4H2,1H3;3H2,1-2H3. The normalized spacial score (nSPS) is 9.78. The van der Waals surface area contributed by atoms with Gasteiger partial charge in [-0.2, -0.15) is 0 Å². The minimum Gasteiger partial charge on any atom is -0.462 e. The van der Waals surface area contributed by atoms with Gasteiger partial charge in [0.2, 0.25) is 0 Å². The van der Waals surface area contributed by atoms with Crippen LogP contribution in [0.1, 0.15) is 112 Å². The zero-order valence-electron chi connectivity index (χ0n) is 21.5. The van der Waals surface area contributed by atoms with E-state index in [1.54, 1.807) is 13.8 Å². The van der Waals surface area contributed by atoms with Crippen molar-refractivity contribution >= 4 is 24.8 Å². The van der Waals surface area contributed by atoms with Crippen LogP contribution >= 0.6 is 0 Å². The predicted molar refractivity (Wildman–Crippen MR) is 136 cm³/mol. The summed E-state index contributed by atoms with van der Waals surface area (Å²) in [5.74, 6) is -0.683. The van der Waals surface area contributed by atoms with Crippen molar-refractivity contribution in [1.82, 2.24) is 0 Å². The summed E-state index contributed by atoms with van der Waals surface area (Å²) in [7, 11) is 0. The Morgan fingerprint density at radius 1 is 0.844 bits per heavy atom. The molecule has 32 heavy (non-hydrogen) atoms. The van der Waals surface area contributed by atoms with Crippen LogP contribution in [0.25, 0.3) is 0 Å². The molecule has 0 aliphatic heterocycles. The van der Waals surface area contributed by atoms with Crippen molar-refractivity contribution in [3.05, 3.63) is 24.8 Å². The van der Waals surface area contributed by atoms with Gasteiger partial charge < -0.3 is 19.1 Å². The summed E-state index contributed by atoms with van der Waals surface area (Å²) in [6, 6.07) is 0. The molecule has 1 atom stereocenters. The van der Waals surface area contributed by atoms with E-state index in [4.69, 9.17) is 0 Å². The van der Waals surface area contributed by atoms with Gasteiger partial charge >= 0.3 is 5.97 Å². The van der Waals surface area contributed by atoms with Crippen molar-refractivity contribution in [3.63, 3.8) is 0 Å². The van der Waals surface area contributed by atoms with Crippen molar-refractivity contribution in [2.75, 3.05) is 6.61 Å². The Morgan fingerprint density at radius 2 is 1.28 bits per heavy atom. The molecule has 0 saturated heterocycles. The molecule has 0 rings (SSSR count). The largest absolute Gasteiger partial charge is 0.462 e. The second-order valence-corrected chi connectivity index (χ2v) is 7.66. The Balaban J connectivity index is -0.000000180. The molecule has 0 heterocycles. The summed E-state index contributed by atoms with van der Waals surface area (Å²) in [5.41, 5.74) is 0.350. The summed E-state index contributed by atoms with van der Waals surface area (Å²) in [6.45, 7) is 16.8. The van der Waals surface area contributed by atoms with Gasteiger partial charge in [-0.15, -0.1) is 6.58 Å². The van der Waals surface area contributed by atoms with Crippen LogP contribution in [0.3, 0.4) is 0 Å². The van der Waals surface area contributed by atoms with E-state index in [1.165, 1.54) is 38.5 Å². The molecule has 5 nitrogen and oxygen atoms in total. The van der Waals surface area contributed by atoms with Crippen LogP contribution in [-0.4, -0.2) is 31.4 Å². The maximum atomic E-state index is 10.7. The molecule has 0 aliphatic rings. The van der Waals surface area contributed by atoms with Crippen LogP contribution in [0.15, 0.2) is 24.8 Å². The monoisotopic (exact) mass is 454 g/mol. The van der Waals surface area contributed by atoms with Crippen molar-refractivity contribution in [1.29, 1.82) is 0 Å². The van der Waals surface area contributed by atoms with Crippen LogP contribution < -0.4 is 0 Å². The molecule has 0 aromatic carbocycles. The number of allylic oxidation sites excluding steroid dienone is 1. The van der Waals surface area contributed by atoms with E-state index in [1.807, 2.05) is 6.08 Å². The predicted octanol–water partition coefficient (Wildman–Crippen LogP) is 7.22. The Kier molecular flexibility index (Phi) is 42.3. The quantitative estimate of drug-likeness (QED) is 0.0808. The van der Waals surface area contributed by atoms with Gasteiger partial charge in [0.1, 0.15) is 25.5 Å². The van der Waals surface area contributed by atoms with E-state index in [0.717, 1.165) is 57.4 Å². The van der Waals surface area contributed by atoms with Gasteiger partial charge in [0.25, 0.3) is 0 Å². The lowest BCUT2D eigenvalue weighted by atomic mass is 10.1. The highest BCUT2D eigenvalue weighted by atomic mass is 16.5. The molecule has 0 saturated carbocycles. The minimum atomic E-state index is -0.446. The molecule has 0 amide bonds. The zero-order chi connectivity index (χ0) is 25.5. The maximum absolute atomic E-state index is 10.7. The average molecular weight is 455 g/mol.